The summed E-state index contributed by atoms with van der Waals surface area (Å²) in [6.07, 6.45) is 61.5. The monoisotopic (exact) mass is 1070 g/mol. The Kier molecular flexibility index (Phi) is 50.6. The molecule has 7 atom stereocenters. The van der Waals surface area contributed by atoms with Crippen LogP contribution in [0, 0.1) is 0 Å². The molecule has 1 heterocycles. The number of esters is 1. The van der Waals surface area contributed by atoms with E-state index in [1.165, 1.54) is 148 Å². The number of unbranched alkanes of at least 4 members (excludes halogenated alkanes) is 29. The Morgan fingerprint density at radius 3 is 1.41 bits per heavy atom. The first-order valence-corrected chi connectivity index (χ1v) is 31.2. The van der Waals surface area contributed by atoms with Crippen molar-refractivity contribution in [1.82, 2.24) is 5.32 Å². The van der Waals surface area contributed by atoms with Gasteiger partial charge in [0.05, 0.1) is 32.0 Å². The van der Waals surface area contributed by atoms with Gasteiger partial charge in [-0.2, -0.15) is 0 Å². The lowest BCUT2D eigenvalue weighted by molar-refractivity contribution is -0.302. The van der Waals surface area contributed by atoms with Crippen LogP contribution in [0.25, 0.3) is 0 Å². The first-order chi connectivity index (χ1) is 37.2. The van der Waals surface area contributed by atoms with Gasteiger partial charge in [0, 0.05) is 12.8 Å². The molecule has 1 fully saturated rings. The van der Waals surface area contributed by atoms with Gasteiger partial charge in [0.2, 0.25) is 5.91 Å². The highest BCUT2D eigenvalue weighted by Crippen LogP contribution is 2.23. The lowest BCUT2D eigenvalue weighted by atomic mass is 9.99. The molecule has 0 saturated carbocycles. The summed E-state index contributed by atoms with van der Waals surface area (Å²) in [6.45, 7) is 4.17. The van der Waals surface area contributed by atoms with Crippen LogP contribution in [0.3, 0.4) is 0 Å². The number of hydrogen-bond donors (Lipinski definition) is 6. The van der Waals surface area contributed by atoms with Crippen LogP contribution in [0.15, 0.2) is 72.9 Å². The van der Waals surface area contributed by atoms with Crippen molar-refractivity contribution in [1.29, 1.82) is 0 Å². The lowest BCUT2D eigenvalue weighted by Gasteiger charge is -2.40. The molecule has 1 amide bonds. The number of carbonyl (C=O) groups excluding carboxylic acids is 2. The molecule has 0 spiro atoms. The predicted molar refractivity (Wildman–Crippen MR) is 315 cm³/mol. The molecular formula is C65H115NO10. The molecule has 1 aliphatic rings. The summed E-state index contributed by atoms with van der Waals surface area (Å²) in [5.74, 6) is -0.262. The summed E-state index contributed by atoms with van der Waals surface area (Å²) < 4.78 is 16.6. The van der Waals surface area contributed by atoms with Crippen molar-refractivity contribution in [3.63, 3.8) is 0 Å². The number of carbonyl (C=O) groups is 2. The van der Waals surface area contributed by atoms with Crippen molar-refractivity contribution < 1.29 is 49.3 Å². The van der Waals surface area contributed by atoms with Crippen molar-refractivity contribution in [2.24, 2.45) is 0 Å². The van der Waals surface area contributed by atoms with E-state index in [-0.39, 0.29) is 18.5 Å². The number of allylic oxidation sites excluding steroid dienone is 10. The molecule has 0 bridgehead atoms. The molecule has 11 nitrogen and oxygen atoms in total. The number of amides is 1. The van der Waals surface area contributed by atoms with Crippen molar-refractivity contribution in [2.45, 2.75) is 307 Å². The van der Waals surface area contributed by atoms with Crippen molar-refractivity contribution in [2.75, 3.05) is 19.8 Å². The minimum atomic E-state index is -1.58. The summed E-state index contributed by atoms with van der Waals surface area (Å²) in [6, 6.07) is -0.841. The van der Waals surface area contributed by atoms with E-state index in [1.54, 1.807) is 6.08 Å². The summed E-state index contributed by atoms with van der Waals surface area (Å²) in [7, 11) is 0. The van der Waals surface area contributed by atoms with E-state index in [2.05, 4.69) is 79.9 Å². The molecule has 440 valence electrons. The van der Waals surface area contributed by atoms with Gasteiger partial charge in [0.1, 0.15) is 24.4 Å². The van der Waals surface area contributed by atoms with Crippen LogP contribution in [-0.4, -0.2) is 100 Å². The Bertz CT molecular complexity index is 1490. The first kappa shape index (κ1) is 71.1. The van der Waals surface area contributed by atoms with Gasteiger partial charge in [0.25, 0.3) is 0 Å². The maximum absolute atomic E-state index is 13.1. The van der Waals surface area contributed by atoms with E-state index in [9.17, 15) is 35.1 Å². The molecule has 1 aliphatic heterocycles. The predicted octanol–water partition coefficient (Wildman–Crippen LogP) is 14.8. The number of ether oxygens (including phenoxy) is 3. The Morgan fingerprint density at radius 2 is 0.895 bits per heavy atom. The Hall–Kier alpha value is -2.90. The highest BCUT2D eigenvalue weighted by Gasteiger charge is 2.44. The number of hydrogen-bond acceptors (Lipinski definition) is 10. The minimum Gasteiger partial charge on any atom is -0.465 e. The number of aliphatic hydroxyl groups is 5. The molecule has 7 unspecified atom stereocenters. The highest BCUT2D eigenvalue weighted by atomic mass is 16.7. The zero-order chi connectivity index (χ0) is 55.2. The smallest absolute Gasteiger partial charge is 0.305 e. The maximum atomic E-state index is 13.1. The van der Waals surface area contributed by atoms with Crippen LogP contribution in [0.4, 0.5) is 0 Å². The van der Waals surface area contributed by atoms with Gasteiger partial charge in [-0.25, -0.2) is 0 Å². The normalized spacial score (nSPS) is 19.2. The van der Waals surface area contributed by atoms with Crippen LogP contribution in [-0.2, 0) is 23.8 Å². The fraction of sp³-hybridized carbons (Fsp3) is 0.785. The second-order valence-corrected chi connectivity index (χ2v) is 21.4. The topological polar surface area (TPSA) is 175 Å². The van der Waals surface area contributed by atoms with Crippen molar-refractivity contribution in [3.05, 3.63) is 72.9 Å². The molecule has 11 heteroatoms. The molecule has 0 radical (unpaired) electrons. The third-order valence-electron chi connectivity index (χ3n) is 14.3. The standard InChI is InChI=1S/C65H115NO10/c1-3-5-7-9-11-13-15-17-25-28-31-35-39-43-47-51-58(68)57(56-75-65-64(73)63(72)62(71)59(55-67)76-65)66-60(69)52-48-44-40-36-32-29-26-23-21-19-18-20-22-24-27-30-34-38-42-46-50-54-74-61(70)53-49-45-41-37-33-16-14-12-10-8-6-4-2/h12,14-15,17,30-31,34-35,42,46-47,51,57-59,62-65,67-68,71-73H,3-11,13,16,18-29,32-33,36-41,43-45,48-50,52-56H2,1-2H3,(H,66,69)/b14-12-,17-15+,34-30-,35-31+,46-42-,51-47+. The second-order valence-electron chi connectivity index (χ2n) is 21.4. The van der Waals surface area contributed by atoms with E-state index >= 15 is 0 Å². The molecule has 0 aliphatic carbocycles. The molecule has 1 saturated heterocycles. The summed E-state index contributed by atoms with van der Waals surface area (Å²) in [4.78, 5) is 25.1. The van der Waals surface area contributed by atoms with E-state index in [0.29, 0.717) is 19.4 Å². The summed E-state index contributed by atoms with van der Waals surface area (Å²) in [5.41, 5.74) is 0. The zero-order valence-electron chi connectivity index (χ0n) is 48.4. The van der Waals surface area contributed by atoms with E-state index in [4.69, 9.17) is 14.2 Å². The van der Waals surface area contributed by atoms with Crippen LogP contribution in [0.1, 0.15) is 264 Å². The third kappa shape index (κ3) is 43.0. The quantitative estimate of drug-likeness (QED) is 0.0195. The van der Waals surface area contributed by atoms with Gasteiger partial charge in [-0.15, -0.1) is 0 Å². The van der Waals surface area contributed by atoms with Crippen LogP contribution < -0.4 is 5.32 Å². The molecule has 6 N–H and O–H groups in total. The van der Waals surface area contributed by atoms with Gasteiger partial charge in [-0.1, -0.05) is 222 Å². The zero-order valence-corrected chi connectivity index (χ0v) is 48.4. The van der Waals surface area contributed by atoms with Crippen molar-refractivity contribution in [3.8, 4) is 0 Å². The second kappa shape index (κ2) is 54.1. The first-order valence-electron chi connectivity index (χ1n) is 31.2. The minimum absolute atomic E-state index is 0.0602. The molecular weight excluding hydrogens is 955 g/mol. The molecule has 76 heavy (non-hydrogen) atoms. The van der Waals surface area contributed by atoms with Gasteiger partial charge < -0.3 is 45.1 Å². The molecule has 1 rings (SSSR count). The van der Waals surface area contributed by atoms with E-state index in [0.717, 1.165) is 89.9 Å². The molecule has 0 aromatic rings. The summed E-state index contributed by atoms with van der Waals surface area (Å²) in [5, 5.41) is 54.4. The van der Waals surface area contributed by atoms with Crippen LogP contribution in [0.2, 0.25) is 0 Å². The van der Waals surface area contributed by atoms with Gasteiger partial charge in [-0.3, -0.25) is 9.59 Å². The highest BCUT2D eigenvalue weighted by molar-refractivity contribution is 5.76. The number of aliphatic hydroxyl groups excluding tert-OH is 5. The summed E-state index contributed by atoms with van der Waals surface area (Å²) >= 11 is 0. The third-order valence-corrected chi connectivity index (χ3v) is 14.3. The van der Waals surface area contributed by atoms with Crippen LogP contribution in [0.5, 0.6) is 0 Å². The van der Waals surface area contributed by atoms with E-state index < -0.39 is 49.5 Å². The van der Waals surface area contributed by atoms with Gasteiger partial charge in [-0.05, 0) is 103 Å². The lowest BCUT2D eigenvalue weighted by Crippen LogP contribution is -2.60. The molecule has 0 aromatic heterocycles. The number of nitrogens with one attached hydrogen (secondary N) is 1. The average molecular weight is 1070 g/mol. The SMILES string of the molecule is CCCCC/C=C\CCCCCCCC(=O)OCC/C=C\C/C=C\CCCCCCCCCCCCCCCCC(=O)NC(COC1OC(CO)C(O)C(O)C1O)C(O)/C=C/CC/C=C/CC/C=C/CCCCCCC. The Morgan fingerprint density at radius 1 is 0.487 bits per heavy atom. The van der Waals surface area contributed by atoms with Gasteiger partial charge >= 0.3 is 5.97 Å². The largest absolute Gasteiger partial charge is 0.465 e. The number of rotatable bonds is 53. The Balaban J connectivity index is 2.12. The van der Waals surface area contributed by atoms with E-state index in [1.807, 2.05) is 6.08 Å². The molecule has 0 aromatic carbocycles. The fourth-order valence-corrected chi connectivity index (χ4v) is 9.30. The van der Waals surface area contributed by atoms with Gasteiger partial charge in [0.15, 0.2) is 6.29 Å². The average Bonchev–Trinajstić information content (AvgIpc) is 3.42. The fourth-order valence-electron chi connectivity index (χ4n) is 9.30. The van der Waals surface area contributed by atoms with Crippen molar-refractivity contribution >= 4 is 11.9 Å². The Labute approximate surface area is 464 Å². The maximum Gasteiger partial charge on any atom is 0.305 e. The van der Waals surface area contributed by atoms with Crippen LogP contribution >= 0.6 is 0 Å².